The van der Waals surface area contributed by atoms with E-state index in [-0.39, 0.29) is 18.3 Å². The molecule has 1 aromatic rings. The minimum Gasteiger partial charge on any atom is -0.337 e. The van der Waals surface area contributed by atoms with Crippen molar-refractivity contribution >= 4 is 41.5 Å². The molecule has 1 amide bonds. The van der Waals surface area contributed by atoms with Crippen LogP contribution in [0.2, 0.25) is 10.0 Å². The molecule has 3 rings (SSSR count). The third kappa shape index (κ3) is 3.22. The van der Waals surface area contributed by atoms with Crippen molar-refractivity contribution in [2.45, 2.75) is 31.3 Å². The molecule has 20 heavy (non-hydrogen) atoms. The van der Waals surface area contributed by atoms with Crippen LogP contribution in [0.1, 0.15) is 29.6 Å². The molecule has 2 saturated heterocycles. The number of benzene rings is 1. The highest BCUT2D eigenvalue weighted by Gasteiger charge is 2.31. The van der Waals surface area contributed by atoms with Crippen molar-refractivity contribution in [3.8, 4) is 0 Å². The molecule has 110 valence electrons. The lowest BCUT2D eigenvalue weighted by Gasteiger charge is -2.24. The van der Waals surface area contributed by atoms with Gasteiger partial charge < -0.3 is 10.2 Å². The summed E-state index contributed by atoms with van der Waals surface area (Å²) in [6.45, 7) is 1.60. The number of hydrogen-bond acceptors (Lipinski definition) is 2. The molecule has 2 unspecified atom stereocenters. The highest BCUT2D eigenvalue weighted by Crippen LogP contribution is 2.25. The molecule has 2 atom stereocenters. The Morgan fingerprint density at radius 2 is 1.90 bits per heavy atom. The fourth-order valence-electron chi connectivity index (χ4n) is 2.94. The van der Waals surface area contributed by atoms with Crippen molar-refractivity contribution in [1.82, 2.24) is 10.2 Å². The summed E-state index contributed by atoms with van der Waals surface area (Å²) >= 11 is 11.9. The normalized spacial score (nSPS) is 25.0. The summed E-state index contributed by atoms with van der Waals surface area (Å²) in [5.74, 6) is 0.0490. The largest absolute Gasteiger partial charge is 0.337 e. The lowest BCUT2D eigenvalue weighted by molar-refractivity contribution is 0.0748. The van der Waals surface area contributed by atoms with E-state index in [2.05, 4.69) is 5.32 Å². The van der Waals surface area contributed by atoms with Gasteiger partial charge in [0.2, 0.25) is 0 Å². The zero-order valence-electron chi connectivity index (χ0n) is 10.9. The maximum atomic E-state index is 12.5. The lowest BCUT2D eigenvalue weighted by Crippen LogP contribution is -2.39. The highest BCUT2D eigenvalue weighted by atomic mass is 35.5. The Hall–Kier alpha value is -0.480. The molecule has 2 aliphatic heterocycles. The molecule has 0 spiro atoms. The van der Waals surface area contributed by atoms with Crippen LogP contribution in [0.5, 0.6) is 0 Å². The van der Waals surface area contributed by atoms with Crippen LogP contribution < -0.4 is 5.32 Å². The zero-order valence-corrected chi connectivity index (χ0v) is 13.3. The molecule has 2 heterocycles. The third-order valence-electron chi connectivity index (χ3n) is 3.98. The Morgan fingerprint density at radius 3 is 2.65 bits per heavy atom. The Kier molecular flexibility index (Phi) is 5.19. The van der Waals surface area contributed by atoms with Crippen LogP contribution in [0.3, 0.4) is 0 Å². The van der Waals surface area contributed by atoms with Crippen molar-refractivity contribution in [2.24, 2.45) is 0 Å². The molecular formula is C14H17Cl3N2O. The summed E-state index contributed by atoms with van der Waals surface area (Å²) in [7, 11) is 0. The Labute approximate surface area is 135 Å². The van der Waals surface area contributed by atoms with Gasteiger partial charge in [0, 0.05) is 30.7 Å². The first kappa shape index (κ1) is 15.9. The van der Waals surface area contributed by atoms with E-state index in [1.54, 1.807) is 18.2 Å². The first-order chi connectivity index (χ1) is 9.13. The van der Waals surface area contributed by atoms with Gasteiger partial charge in [-0.2, -0.15) is 0 Å². The molecule has 0 aliphatic carbocycles. The second kappa shape index (κ2) is 6.52. The number of nitrogens with zero attached hydrogens (tertiary/aromatic N) is 1. The number of halogens is 3. The van der Waals surface area contributed by atoms with E-state index in [1.807, 2.05) is 4.90 Å². The topological polar surface area (TPSA) is 32.3 Å². The monoisotopic (exact) mass is 334 g/mol. The van der Waals surface area contributed by atoms with Gasteiger partial charge in [0.25, 0.3) is 5.91 Å². The quantitative estimate of drug-likeness (QED) is 0.853. The van der Waals surface area contributed by atoms with Gasteiger partial charge in [0.15, 0.2) is 0 Å². The molecule has 2 bridgehead atoms. The summed E-state index contributed by atoms with van der Waals surface area (Å²) in [4.78, 5) is 14.4. The van der Waals surface area contributed by atoms with Crippen LogP contribution in [0.15, 0.2) is 18.2 Å². The molecule has 0 saturated carbocycles. The van der Waals surface area contributed by atoms with E-state index >= 15 is 0 Å². The standard InChI is InChI=1S/C14H16Cl2N2O.ClH/c15-12-4-1-9(7-13(12)16)14(19)18-6-5-10-2-3-11(8-18)17-10;/h1,4,7,10-11,17H,2-3,5-6,8H2;1H. The number of hydrogen-bond donors (Lipinski definition) is 1. The summed E-state index contributed by atoms with van der Waals surface area (Å²) in [6.07, 6.45) is 3.43. The molecule has 3 nitrogen and oxygen atoms in total. The minimum absolute atomic E-state index is 0. The Bertz CT molecular complexity index is 509. The van der Waals surface area contributed by atoms with Crippen LogP contribution in [-0.4, -0.2) is 36.0 Å². The molecule has 1 N–H and O–H groups in total. The van der Waals surface area contributed by atoms with Gasteiger partial charge in [0.05, 0.1) is 10.0 Å². The van der Waals surface area contributed by atoms with Gasteiger partial charge in [-0.25, -0.2) is 0 Å². The minimum atomic E-state index is 0. The Morgan fingerprint density at radius 1 is 1.15 bits per heavy atom. The van der Waals surface area contributed by atoms with Crippen LogP contribution >= 0.6 is 35.6 Å². The average Bonchev–Trinajstić information content (AvgIpc) is 2.72. The van der Waals surface area contributed by atoms with E-state index in [4.69, 9.17) is 23.2 Å². The third-order valence-corrected chi connectivity index (χ3v) is 4.72. The van der Waals surface area contributed by atoms with Crippen molar-refractivity contribution in [1.29, 1.82) is 0 Å². The number of rotatable bonds is 1. The number of likely N-dealkylation sites (tertiary alicyclic amines) is 1. The molecule has 6 heteroatoms. The molecule has 2 fully saturated rings. The second-order valence-corrected chi connectivity index (χ2v) is 6.12. The van der Waals surface area contributed by atoms with E-state index < -0.39 is 0 Å². The van der Waals surface area contributed by atoms with Gasteiger partial charge in [-0.05, 0) is 37.5 Å². The summed E-state index contributed by atoms with van der Waals surface area (Å²) in [5.41, 5.74) is 0.618. The predicted molar refractivity (Wildman–Crippen MR) is 84.2 cm³/mol. The first-order valence-corrected chi connectivity index (χ1v) is 7.39. The zero-order chi connectivity index (χ0) is 13.4. The number of carbonyl (C=O) groups is 1. The van der Waals surface area contributed by atoms with Gasteiger partial charge in [-0.1, -0.05) is 23.2 Å². The maximum absolute atomic E-state index is 12.5. The fraction of sp³-hybridized carbons (Fsp3) is 0.500. The van der Waals surface area contributed by atoms with Gasteiger partial charge in [-0.3, -0.25) is 4.79 Å². The van der Waals surface area contributed by atoms with Crippen LogP contribution in [0.4, 0.5) is 0 Å². The molecule has 0 aromatic heterocycles. The number of nitrogens with one attached hydrogen (secondary N) is 1. The lowest BCUT2D eigenvalue weighted by atomic mass is 10.1. The fourth-order valence-corrected chi connectivity index (χ4v) is 3.24. The second-order valence-electron chi connectivity index (χ2n) is 5.31. The van der Waals surface area contributed by atoms with E-state index in [0.29, 0.717) is 27.7 Å². The van der Waals surface area contributed by atoms with Crippen molar-refractivity contribution in [3.05, 3.63) is 33.8 Å². The summed E-state index contributed by atoms with van der Waals surface area (Å²) in [5, 5.41) is 4.48. The van der Waals surface area contributed by atoms with Crippen LogP contribution in [0, 0.1) is 0 Å². The Balaban J connectivity index is 0.00000147. The van der Waals surface area contributed by atoms with Crippen LogP contribution in [0.25, 0.3) is 0 Å². The molecular weight excluding hydrogens is 319 g/mol. The van der Waals surface area contributed by atoms with Crippen molar-refractivity contribution in [2.75, 3.05) is 13.1 Å². The van der Waals surface area contributed by atoms with Gasteiger partial charge >= 0.3 is 0 Å². The van der Waals surface area contributed by atoms with Crippen molar-refractivity contribution in [3.63, 3.8) is 0 Å². The average molecular weight is 336 g/mol. The van der Waals surface area contributed by atoms with Crippen molar-refractivity contribution < 1.29 is 4.79 Å². The van der Waals surface area contributed by atoms with Gasteiger partial charge in [0.1, 0.15) is 0 Å². The first-order valence-electron chi connectivity index (χ1n) is 6.64. The molecule has 1 aromatic carbocycles. The SMILES string of the molecule is Cl.O=C(c1ccc(Cl)c(Cl)c1)N1CCC2CCC(C1)N2. The maximum Gasteiger partial charge on any atom is 0.253 e. The molecule has 2 aliphatic rings. The van der Waals surface area contributed by atoms with E-state index in [1.165, 1.54) is 6.42 Å². The molecule has 0 radical (unpaired) electrons. The number of fused-ring (bicyclic) bond motifs is 2. The van der Waals surface area contributed by atoms with Gasteiger partial charge in [-0.15, -0.1) is 12.4 Å². The van der Waals surface area contributed by atoms with E-state index in [9.17, 15) is 4.79 Å². The van der Waals surface area contributed by atoms with Crippen LogP contribution in [-0.2, 0) is 0 Å². The predicted octanol–water partition coefficient (Wildman–Crippen LogP) is 3.38. The number of carbonyl (C=O) groups excluding carboxylic acids is 1. The summed E-state index contributed by atoms with van der Waals surface area (Å²) in [6, 6.07) is 6.10. The smallest absolute Gasteiger partial charge is 0.253 e. The van der Waals surface area contributed by atoms with E-state index in [0.717, 1.165) is 25.9 Å². The summed E-state index contributed by atoms with van der Waals surface area (Å²) < 4.78 is 0. The highest BCUT2D eigenvalue weighted by molar-refractivity contribution is 6.42. The number of amides is 1.